The zero-order valence-electron chi connectivity index (χ0n) is 9.79. The van der Waals surface area contributed by atoms with Crippen molar-refractivity contribution in [2.24, 2.45) is 0 Å². The SMILES string of the molecule is CCCC(C)OC(=O)c1cc(C)nc(Cl)c1. The van der Waals surface area contributed by atoms with Crippen LogP contribution in [-0.2, 0) is 4.74 Å². The van der Waals surface area contributed by atoms with Gasteiger partial charge in [0, 0.05) is 5.69 Å². The van der Waals surface area contributed by atoms with E-state index >= 15 is 0 Å². The van der Waals surface area contributed by atoms with Crippen molar-refractivity contribution in [2.45, 2.75) is 39.7 Å². The summed E-state index contributed by atoms with van der Waals surface area (Å²) in [6.45, 7) is 5.73. The zero-order chi connectivity index (χ0) is 12.1. The maximum Gasteiger partial charge on any atom is 0.338 e. The molecule has 1 aromatic heterocycles. The Morgan fingerprint density at radius 3 is 2.81 bits per heavy atom. The molecule has 0 N–H and O–H groups in total. The Balaban J connectivity index is 2.72. The number of halogens is 1. The van der Waals surface area contributed by atoms with E-state index in [1.807, 2.05) is 6.92 Å². The zero-order valence-corrected chi connectivity index (χ0v) is 10.5. The lowest BCUT2D eigenvalue weighted by Crippen LogP contribution is -2.15. The van der Waals surface area contributed by atoms with Crippen molar-refractivity contribution in [1.82, 2.24) is 4.98 Å². The smallest absolute Gasteiger partial charge is 0.338 e. The third kappa shape index (κ3) is 3.81. The molecule has 0 aromatic carbocycles. The first-order chi connectivity index (χ1) is 7.52. The molecule has 1 heterocycles. The topological polar surface area (TPSA) is 39.2 Å². The Labute approximate surface area is 101 Å². The van der Waals surface area contributed by atoms with E-state index in [4.69, 9.17) is 16.3 Å². The Morgan fingerprint density at radius 2 is 2.25 bits per heavy atom. The van der Waals surface area contributed by atoms with Crippen molar-refractivity contribution in [3.05, 3.63) is 28.5 Å². The molecule has 88 valence electrons. The molecule has 0 saturated heterocycles. The van der Waals surface area contributed by atoms with Crippen LogP contribution in [0.3, 0.4) is 0 Å². The maximum absolute atomic E-state index is 11.7. The van der Waals surface area contributed by atoms with E-state index in [1.54, 1.807) is 13.0 Å². The summed E-state index contributed by atoms with van der Waals surface area (Å²) in [7, 11) is 0. The number of ether oxygens (including phenoxy) is 1. The van der Waals surface area contributed by atoms with E-state index in [2.05, 4.69) is 11.9 Å². The van der Waals surface area contributed by atoms with E-state index < -0.39 is 0 Å². The normalized spacial score (nSPS) is 12.2. The quantitative estimate of drug-likeness (QED) is 0.599. The third-order valence-corrected chi connectivity index (χ3v) is 2.35. The highest BCUT2D eigenvalue weighted by Gasteiger charge is 2.12. The number of carbonyl (C=O) groups excluding carboxylic acids is 1. The lowest BCUT2D eigenvalue weighted by Gasteiger charge is -2.12. The Kier molecular flexibility index (Phi) is 4.74. The number of aromatic nitrogens is 1. The predicted molar refractivity (Wildman–Crippen MR) is 63.8 cm³/mol. The van der Waals surface area contributed by atoms with Crippen LogP contribution >= 0.6 is 11.6 Å². The summed E-state index contributed by atoms with van der Waals surface area (Å²) in [5.74, 6) is -0.339. The molecule has 1 aromatic rings. The highest BCUT2D eigenvalue weighted by atomic mass is 35.5. The van der Waals surface area contributed by atoms with Gasteiger partial charge in [-0.05, 0) is 32.4 Å². The monoisotopic (exact) mass is 241 g/mol. The summed E-state index contributed by atoms with van der Waals surface area (Å²) in [6.07, 6.45) is 1.79. The molecule has 0 spiro atoms. The summed E-state index contributed by atoms with van der Waals surface area (Å²) in [5.41, 5.74) is 1.17. The Bertz CT molecular complexity index is 359. The third-order valence-electron chi connectivity index (χ3n) is 2.16. The minimum absolute atomic E-state index is 0.0650. The molecule has 0 bridgehead atoms. The lowest BCUT2D eigenvalue weighted by atomic mass is 10.2. The van der Waals surface area contributed by atoms with Crippen LogP contribution in [0, 0.1) is 6.92 Å². The van der Waals surface area contributed by atoms with E-state index in [1.165, 1.54) is 6.07 Å². The van der Waals surface area contributed by atoms with Gasteiger partial charge in [-0.3, -0.25) is 0 Å². The molecule has 0 fully saturated rings. The molecule has 16 heavy (non-hydrogen) atoms. The van der Waals surface area contributed by atoms with Gasteiger partial charge >= 0.3 is 5.97 Å². The largest absolute Gasteiger partial charge is 0.459 e. The van der Waals surface area contributed by atoms with Crippen LogP contribution in [0.1, 0.15) is 42.7 Å². The molecule has 0 saturated carbocycles. The van der Waals surface area contributed by atoms with Gasteiger partial charge in [-0.1, -0.05) is 24.9 Å². The first-order valence-electron chi connectivity index (χ1n) is 5.38. The van der Waals surface area contributed by atoms with Crippen LogP contribution in [0.2, 0.25) is 5.15 Å². The Morgan fingerprint density at radius 1 is 1.56 bits per heavy atom. The van der Waals surface area contributed by atoms with Crippen LogP contribution in [-0.4, -0.2) is 17.1 Å². The minimum Gasteiger partial charge on any atom is -0.459 e. The summed E-state index contributed by atoms with van der Waals surface area (Å²) in [6, 6.07) is 3.20. The maximum atomic E-state index is 11.7. The molecule has 0 radical (unpaired) electrons. The lowest BCUT2D eigenvalue weighted by molar-refractivity contribution is 0.0323. The first-order valence-corrected chi connectivity index (χ1v) is 5.76. The van der Waals surface area contributed by atoms with Crippen molar-refractivity contribution in [2.75, 3.05) is 0 Å². The van der Waals surface area contributed by atoms with Gasteiger partial charge in [0.1, 0.15) is 5.15 Å². The predicted octanol–water partition coefficient (Wildman–Crippen LogP) is 3.39. The highest BCUT2D eigenvalue weighted by molar-refractivity contribution is 6.29. The molecule has 0 aliphatic heterocycles. The molecular formula is C12H16ClNO2. The number of aryl methyl sites for hydroxylation is 1. The van der Waals surface area contributed by atoms with Gasteiger partial charge < -0.3 is 4.74 Å². The number of hydrogen-bond acceptors (Lipinski definition) is 3. The van der Waals surface area contributed by atoms with E-state index in [0.717, 1.165) is 12.8 Å². The summed E-state index contributed by atoms with van der Waals surface area (Å²) in [5, 5.41) is 0.315. The van der Waals surface area contributed by atoms with Crippen LogP contribution in [0.5, 0.6) is 0 Å². The first kappa shape index (κ1) is 13.0. The summed E-state index contributed by atoms with van der Waals surface area (Å²) < 4.78 is 5.26. The van der Waals surface area contributed by atoms with Crippen LogP contribution in [0.15, 0.2) is 12.1 Å². The second kappa shape index (κ2) is 5.85. The number of rotatable bonds is 4. The Hall–Kier alpha value is -1.09. The molecule has 3 nitrogen and oxygen atoms in total. The molecule has 1 atom stereocenters. The molecule has 4 heteroatoms. The molecular weight excluding hydrogens is 226 g/mol. The fourth-order valence-electron chi connectivity index (χ4n) is 1.46. The number of hydrogen-bond donors (Lipinski definition) is 0. The summed E-state index contributed by atoms with van der Waals surface area (Å²) in [4.78, 5) is 15.7. The van der Waals surface area contributed by atoms with Crippen molar-refractivity contribution >= 4 is 17.6 Å². The van der Waals surface area contributed by atoms with Crippen LogP contribution in [0.25, 0.3) is 0 Å². The molecule has 0 aliphatic carbocycles. The average Bonchev–Trinajstić information content (AvgIpc) is 2.16. The van der Waals surface area contributed by atoms with E-state index in [9.17, 15) is 4.79 Å². The van der Waals surface area contributed by atoms with Gasteiger partial charge in [0.25, 0.3) is 0 Å². The number of carbonyl (C=O) groups is 1. The van der Waals surface area contributed by atoms with Crippen molar-refractivity contribution < 1.29 is 9.53 Å². The molecule has 0 aliphatic rings. The second-order valence-electron chi connectivity index (χ2n) is 3.82. The highest BCUT2D eigenvalue weighted by Crippen LogP contribution is 2.13. The van der Waals surface area contributed by atoms with Gasteiger partial charge in [-0.2, -0.15) is 0 Å². The standard InChI is InChI=1S/C12H16ClNO2/c1-4-5-9(3)16-12(15)10-6-8(2)14-11(13)7-10/h6-7,9H,4-5H2,1-3H3. The van der Waals surface area contributed by atoms with Crippen LogP contribution in [0.4, 0.5) is 0 Å². The van der Waals surface area contributed by atoms with Gasteiger partial charge in [-0.15, -0.1) is 0 Å². The van der Waals surface area contributed by atoms with Gasteiger partial charge in [-0.25, -0.2) is 9.78 Å². The van der Waals surface area contributed by atoms with Crippen molar-refractivity contribution in [3.8, 4) is 0 Å². The molecule has 1 rings (SSSR count). The van der Waals surface area contributed by atoms with Crippen molar-refractivity contribution in [1.29, 1.82) is 0 Å². The van der Waals surface area contributed by atoms with Crippen molar-refractivity contribution in [3.63, 3.8) is 0 Å². The number of nitrogens with zero attached hydrogens (tertiary/aromatic N) is 1. The fraction of sp³-hybridized carbons (Fsp3) is 0.500. The van der Waals surface area contributed by atoms with E-state index in [0.29, 0.717) is 16.4 Å². The molecule has 0 amide bonds. The second-order valence-corrected chi connectivity index (χ2v) is 4.21. The fourth-order valence-corrected chi connectivity index (χ4v) is 1.71. The van der Waals surface area contributed by atoms with Gasteiger partial charge in [0.2, 0.25) is 0 Å². The molecule has 1 unspecified atom stereocenters. The van der Waals surface area contributed by atoms with Gasteiger partial charge in [0.05, 0.1) is 11.7 Å². The summed E-state index contributed by atoms with van der Waals surface area (Å²) >= 11 is 5.77. The van der Waals surface area contributed by atoms with E-state index in [-0.39, 0.29) is 12.1 Å². The average molecular weight is 242 g/mol. The van der Waals surface area contributed by atoms with Crippen LogP contribution < -0.4 is 0 Å². The number of esters is 1. The minimum atomic E-state index is -0.339. The van der Waals surface area contributed by atoms with Gasteiger partial charge in [0.15, 0.2) is 0 Å². The number of pyridine rings is 1.